The highest BCUT2D eigenvalue weighted by Crippen LogP contribution is 2.45. The number of methoxy groups -OCH3 is 1. The van der Waals surface area contributed by atoms with Crippen LogP contribution in [0.15, 0.2) is 59.5 Å². The number of carboxylic acid groups (broad SMARTS) is 1. The summed E-state index contributed by atoms with van der Waals surface area (Å²) in [5.41, 5.74) is 1.67. The zero-order chi connectivity index (χ0) is 24.9. The van der Waals surface area contributed by atoms with Crippen LogP contribution >= 0.6 is 22.7 Å². The van der Waals surface area contributed by atoms with Crippen molar-refractivity contribution < 1.29 is 29.3 Å². The van der Waals surface area contributed by atoms with Crippen LogP contribution in [-0.4, -0.2) is 40.0 Å². The maximum atomic E-state index is 13.3. The van der Waals surface area contributed by atoms with Crippen molar-refractivity contribution in [2.24, 2.45) is 0 Å². The van der Waals surface area contributed by atoms with Gasteiger partial charge in [-0.25, -0.2) is 9.78 Å². The molecule has 3 heterocycles. The van der Waals surface area contributed by atoms with E-state index in [4.69, 9.17) is 4.74 Å². The molecule has 0 saturated carbocycles. The summed E-state index contributed by atoms with van der Waals surface area (Å²) in [5, 5.41) is 22.7. The molecule has 1 atom stereocenters. The number of carboxylic acids is 1. The van der Waals surface area contributed by atoms with Crippen LogP contribution in [-0.2, 0) is 9.59 Å². The Labute approximate surface area is 207 Å². The average Bonchev–Trinajstić information content (AvgIpc) is 3.56. The van der Waals surface area contributed by atoms with Gasteiger partial charge < -0.3 is 14.9 Å². The van der Waals surface area contributed by atoms with Crippen LogP contribution < -0.4 is 9.64 Å². The lowest BCUT2D eigenvalue weighted by Gasteiger charge is -2.21. The van der Waals surface area contributed by atoms with Gasteiger partial charge in [0.15, 0.2) is 5.13 Å². The fraction of sp³-hybridized carbons (Fsp3) is 0.120. The van der Waals surface area contributed by atoms with E-state index in [0.29, 0.717) is 32.0 Å². The van der Waals surface area contributed by atoms with Crippen LogP contribution in [0.1, 0.15) is 32.4 Å². The summed E-state index contributed by atoms with van der Waals surface area (Å²) in [7, 11) is 1.54. The Hall–Kier alpha value is -4.02. The Bertz CT molecular complexity index is 1540. The maximum Gasteiger partial charge on any atom is 0.335 e. The molecule has 1 fully saturated rings. The van der Waals surface area contributed by atoms with Crippen LogP contribution in [0, 0.1) is 6.92 Å². The van der Waals surface area contributed by atoms with Gasteiger partial charge in [0.1, 0.15) is 17.6 Å². The second-order valence-electron chi connectivity index (χ2n) is 7.85. The lowest BCUT2D eigenvalue weighted by atomic mass is 9.97. The summed E-state index contributed by atoms with van der Waals surface area (Å²) in [4.78, 5) is 44.4. The highest BCUT2D eigenvalue weighted by Gasteiger charge is 2.48. The Balaban J connectivity index is 1.69. The van der Waals surface area contributed by atoms with Crippen molar-refractivity contribution >= 4 is 61.4 Å². The van der Waals surface area contributed by atoms with Crippen molar-refractivity contribution in [1.29, 1.82) is 0 Å². The third-order valence-electron chi connectivity index (χ3n) is 5.78. The van der Waals surface area contributed by atoms with E-state index in [1.54, 1.807) is 43.3 Å². The highest BCUT2D eigenvalue weighted by molar-refractivity contribution is 7.22. The molecule has 1 aliphatic heterocycles. The summed E-state index contributed by atoms with van der Waals surface area (Å²) in [6, 6.07) is 12.3. The van der Waals surface area contributed by atoms with Crippen molar-refractivity contribution in [3.63, 3.8) is 0 Å². The van der Waals surface area contributed by atoms with Gasteiger partial charge in [0, 0.05) is 10.4 Å². The normalized spacial score (nSPS) is 17.3. The van der Waals surface area contributed by atoms with Crippen LogP contribution in [0.3, 0.4) is 0 Å². The number of fused-ring (bicyclic) bond motifs is 1. The van der Waals surface area contributed by atoms with Gasteiger partial charge in [0.2, 0.25) is 0 Å². The van der Waals surface area contributed by atoms with Crippen molar-refractivity contribution in [3.05, 3.63) is 81.1 Å². The highest BCUT2D eigenvalue weighted by atomic mass is 32.1. The second-order valence-corrected chi connectivity index (χ2v) is 9.84. The minimum absolute atomic E-state index is 0.0313. The molecule has 176 valence electrons. The predicted octanol–water partition coefficient (Wildman–Crippen LogP) is 5.00. The molecule has 2 N–H and O–H groups in total. The van der Waals surface area contributed by atoms with Crippen molar-refractivity contribution in [2.75, 3.05) is 12.0 Å². The first-order valence-corrected chi connectivity index (χ1v) is 12.1. The fourth-order valence-electron chi connectivity index (χ4n) is 4.07. The number of carbonyl (C=O) groups excluding carboxylic acids is 2. The lowest BCUT2D eigenvalue weighted by Crippen LogP contribution is -2.28. The zero-order valence-corrected chi connectivity index (χ0v) is 20.1. The molecule has 1 saturated heterocycles. The van der Waals surface area contributed by atoms with E-state index in [2.05, 4.69) is 4.98 Å². The minimum Gasteiger partial charge on any atom is -0.507 e. The van der Waals surface area contributed by atoms with E-state index in [1.165, 1.54) is 35.5 Å². The van der Waals surface area contributed by atoms with Gasteiger partial charge in [-0.1, -0.05) is 17.4 Å². The lowest BCUT2D eigenvalue weighted by molar-refractivity contribution is -0.132. The van der Waals surface area contributed by atoms with E-state index >= 15 is 0 Å². The molecule has 0 aliphatic carbocycles. The predicted molar refractivity (Wildman–Crippen MR) is 133 cm³/mol. The number of ether oxygens (including phenoxy) is 1. The van der Waals surface area contributed by atoms with Crippen molar-refractivity contribution in [3.8, 4) is 5.75 Å². The summed E-state index contributed by atoms with van der Waals surface area (Å²) in [6.07, 6.45) is 0. The number of aliphatic hydroxyl groups is 1. The summed E-state index contributed by atoms with van der Waals surface area (Å²) >= 11 is 2.46. The first-order valence-electron chi connectivity index (χ1n) is 10.4. The maximum absolute atomic E-state index is 13.3. The molecule has 1 amide bonds. The third-order valence-corrected chi connectivity index (χ3v) is 7.72. The third kappa shape index (κ3) is 3.76. The number of hydrogen-bond acceptors (Lipinski definition) is 8. The molecule has 4 aromatic rings. The standard InChI is InChI=1S/C25H18N2O6S2/c1-12-10-14(33-2)6-7-15(12)21(28)19-20(17-4-3-9-34-17)27(23(30)22(19)29)25-26-16-8-5-13(24(31)32)11-18(16)35-25/h3-11,20,28H,1-2H3,(H,31,32)/b21-19+. The van der Waals surface area contributed by atoms with Crippen molar-refractivity contribution in [1.82, 2.24) is 4.98 Å². The number of benzene rings is 2. The number of aliphatic hydroxyl groups excluding tert-OH is 1. The SMILES string of the molecule is COc1ccc(/C(O)=C2\C(=O)C(=O)N(c3nc4ccc(C(=O)O)cc4s3)C2c2cccs2)c(C)c1. The van der Waals surface area contributed by atoms with Crippen LogP contribution in [0.25, 0.3) is 16.0 Å². The number of Topliss-reactive ketones (excluding diaryl/α,β-unsaturated/α-hetero) is 1. The first kappa shape index (κ1) is 22.8. The summed E-state index contributed by atoms with van der Waals surface area (Å²) in [5.74, 6) is -2.38. The van der Waals surface area contributed by atoms with Crippen LogP contribution in [0.2, 0.25) is 0 Å². The minimum atomic E-state index is -1.07. The smallest absolute Gasteiger partial charge is 0.335 e. The van der Waals surface area contributed by atoms with E-state index in [1.807, 2.05) is 5.38 Å². The van der Waals surface area contributed by atoms with Crippen molar-refractivity contribution in [2.45, 2.75) is 13.0 Å². The number of aromatic nitrogens is 1. The number of carbonyl (C=O) groups is 3. The number of thiophene rings is 1. The Kier molecular flexibility index (Phi) is 5.62. The largest absolute Gasteiger partial charge is 0.507 e. The number of amides is 1. The molecule has 8 nitrogen and oxygen atoms in total. The molecule has 2 aromatic heterocycles. The van der Waals surface area contributed by atoms with Gasteiger partial charge in [-0.3, -0.25) is 14.5 Å². The Morgan fingerprint density at radius 3 is 2.57 bits per heavy atom. The monoisotopic (exact) mass is 506 g/mol. The van der Waals surface area contributed by atoms with E-state index in [9.17, 15) is 24.6 Å². The molecular weight excluding hydrogens is 488 g/mol. The summed E-state index contributed by atoms with van der Waals surface area (Å²) in [6.45, 7) is 1.78. The van der Waals surface area contributed by atoms with Gasteiger partial charge in [0.05, 0.1) is 28.5 Å². The number of rotatable bonds is 5. The molecule has 35 heavy (non-hydrogen) atoms. The molecule has 10 heteroatoms. The number of aromatic carboxylic acids is 1. The second kappa shape index (κ2) is 8.64. The van der Waals surface area contributed by atoms with Gasteiger partial charge in [-0.2, -0.15) is 0 Å². The van der Waals surface area contributed by atoms with Crippen LogP contribution in [0.4, 0.5) is 5.13 Å². The number of ketones is 1. The topological polar surface area (TPSA) is 117 Å². The zero-order valence-electron chi connectivity index (χ0n) is 18.5. The molecule has 0 spiro atoms. The number of nitrogens with zero attached hydrogens (tertiary/aromatic N) is 2. The number of hydrogen-bond donors (Lipinski definition) is 2. The van der Waals surface area contributed by atoms with Gasteiger partial charge >= 0.3 is 11.9 Å². The molecule has 2 aromatic carbocycles. The van der Waals surface area contributed by atoms with Gasteiger partial charge in [-0.15, -0.1) is 11.3 Å². The number of aryl methyl sites for hydroxylation is 1. The van der Waals surface area contributed by atoms with E-state index in [-0.39, 0.29) is 22.0 Å². The fourth-order valence-corrected chi connectivity index (χ4v) is 5.92. The molecule has 5 rings (SSSR count). The summed E-state index contributed by atoms with van der Waals surface area (Å²) < 4.78 is 5.80. The van der Waals surface area contributed by atoms with E-state index in [0.717, 1.165) is 11.3 Å². The molecular formula is C25H18N2O6S2. The Morgan fingerprint density at radius 2 is 1.91 bits per heavy atom. The average molecular weight is 507 g/mol. The number of anilines is 1. The number of thiazole rings is 1. The first-order chi connectivity index (χ1) is 16.8. The Morgan fingerprint density at radius 1 is 1.11 bits per heavy atom. The van der Waals surface area contributed by atoms with E-state index < -0.39 is 23.7 Å². The molecule has 0 radical (unpaired) electrons. The quantitative estimate of drug-likeness (QED) is 0.222. The molecule has 1 aliphatic rings. The molecule has 0 bridgehead atoms. The van der Waals surface area contributed by atoms with Crippen LogP contribution in [0.5, 0.6) is 5.75 Å². The molecule has 1 unspecified atom stereocenters. The van der Waals surface area contributed by atoms with Gasteiger partial charge in [0.25, 0.3) is 5.78 Å². The van der Waals surface area contributed by atoms with Gasteiger partial charge in [-0.05, 0) is 60.3 Å².